The number of ether oxygens (including phenoxy) is 1. The standard InChI is InChI=1S/C19H27NO2/c1-4-22-19(21)12-17-10-11-20(14-18(17)15(2)3)13-16-8-6-5-7-9-16/h5-9,14-15,17H,4,10-13H2,1-3H3. The Labute approximate surface area is 134 Å². The van der Waals surface area contributed by atoms with E-state index in [0.717, 1.165) is 19.5 Å². The minimum Gasteiger partial charge on any atom is -0.466 e. The highest BCUT2D eigenvalue weighted by Gasteiger charge is 2.26. The number of nitrogens with zero attached hydrogens (tertiary/aromatic N) is 1. The van der Waals surface area contributed by atoms with Gasteiger partial charge in [-0.15, -0.1) is 0 Å². The summed E-state index contributed by atoms with van der Waals surface area (Å²) in [7, 11) is 0. The Kier molecular flexibility index (Phi) is 6.05. The van der Waals surface area contributed by atoms with Crippen molar-refractivity contribution in [1.82, 2.24) is 4.90 Å². The zero-order valence-corrected chi connectivity index (χ0v) is 13.9. The van der Waals surface area contributed by atoms with Crippen molar-refractivity contribution in [3.05, 3.63) is 47.7 Å². The van der Waals surface area contributed by atoms with Crippen LogP contribution in [0.3, 0.4) is 0 Å². The highest BCUT2D eigenvalue weighted by atomic mass is 16.5. The van der Waals surface area contributed by atoms with E-state index < -0.39 is 0 Å². The van der Waals surface area contributed by atoms with Crippen LogP contribution in [0, 0.1) is 11.8 Å². The molecule has 1 atom stereocenters. The fourth-order valence-corrected chi connectivity index (χ4v) is 3.07. The SMILES string of the molecule is CCOC(=O)CC1CCN(Cc2ccccc2)C=C1C(C)C. The number of allylic oxidation sites excluding steroid dienone is 1. The van der Waals surface area contributed by atoms with Gasteiger partial charge >= 0.3 is 5.97 Å². The Morgan fingerprint density at radius 2 is 2.05 bits per heavy atom. The molecule has 0 bridgehead atoms. The second-order valence-corrected chi connectivity index (χ2v) is 6.23. The van der Waals surface area contributed by atoms with Crippen LogP contribution in [-0.4, -0.2) is 24.0 Å². The fraction of sp³-hybridized carbons (Fsp3) is 0.526. The summed E-state index contributed by atoms with van der Waals surface area (Å²) in [6.07, 6.45) is 3.80. The van der Waals surface area contributed by atoms with Crippen molar-refractivity contribution < 1.29 is 9.53 Å². The lowest BCUT2D eigenvalue weighted by atomic mass is 9.83. The number of esters is 1. The molecule has 3 nitrogen and oxygen atoms in total. The molecule has 1 heterocycles. The third-order valence-corrected chi connectivity index (χ3v) is 4.18. The summed E-state index contributed by atoms with van der Waals surface area (Å²) in [6, 6.07) is 10.5. The Balaban J connectivity index is 2.05. The van der Waals surface area contributed by atoms with E-state index in [1.165, 1.54) is 11.1 Å². The molecule has 0 aromatic heterocycles. The lowest BCUT2D eigenvalue weighted by molar-refractivity contribution is -0.144. The Bertz CT molecular complexity index is 507. The summed E-state index contributed by atoms with van der Waals surface area (Å²) >= 11 is 0. The van der Waals surface area contributed by atoms with E-state index in [0.29, 0.717) is 24.9 Å². The van der Waals surface area contributed by atoms with Gasteiger partial charge in [0.05, 0.1) is 13.0 Å². The van der Waals surface area contributed by atoms with Crippen LogP contribution in [0.4, 0.5) is 0 Å². The second kappa shape index (κ2) is 8.02. The molecule has 2 rings (SSSR count). The Morgan fingerprint density at radius 3 is 2.68 bits per heavy atom. The lowest BCUT2D eigenvalue weighted by Gasteiger charge is -2.34. The van der Waals surface area contributed by atoms with Gasteiger partial charge in [-0.3, -0.25) is 4.79 Å². The maximum Gasteiger partial charge on any atom is 0.306 e. The quantitative estimate of drug-likeness (QED) is 0.744. The van der Waals surface area contributed by atoms with E-state index in [-0.39, 0.29) is 5.97 Å². The van der Waals surface area contributed by atoms with Crippen molar-refractivity contribution in [3.63, 3.8) is 0 Å². The maximum absolute atomic E-state index is 11.8. The van der Waals surface area contributed by atoms with Gasteiger partial charge in [0.15, 0.2) is 0 Å². The van der Waals surface area contributed by atoms with Crippen LogP contribution in [0.25, 0.3) is 0 Å². The number of hydrogen-bond donors (Lipinski definition) is 0. The Morgan fingerprint density at radius 1 is 1.32 bits per heavy atom. The van der Waals surface area contributed by atoms with Gasteiger partial charge in [-0.2, -0.15) is 0 Å². The smallest absolute Gasteiger partial charge is 0.306 e. The Hall–Kier alpha value is -1.77. The van der Waals surface area contributed by atoms with Crippen LogP contribution in [0.5, 0.6) is 0 Å². The van der Waals surface area contributed by atoms with Gasteiger partial charge in [0.25, 0.3) is 0 Å². The number of hydrogen-bond acceptors (Lipinski definition) is 3. The molecule has 0 aliphatic carbocycles. The highest BCUT2D eigenvalue weighted by molar-refractivity contribution is 5.70. The van der Waals surface area contributed by atoms with E-state index in [9.17, 15) is 4.79 Å². The first-order chi connectivity index (χ1) is 10.6. The van der Waals surface area contributed by atoms with Gasteiger partial charge in [0.2, 0.25) is 0 Å². The molecule has 0 N–H and O–H groups in total. The molecule has 1 unspecified atom stereocenters. The van der Waals surface area contributed by atoms with E-state index in [1.807, 2.05) is 13.0 Å². The van der Waals surface area contributed by atoms with Crippen LogP contribution < -0.4 is 0 Å². The first-order valence-corrected chi connectivity index (χ1v) is 8.25. The first kappa shape index (κ1) is 16.6. The molecule has 1 aliphatic rings. The van der Waals surface area contributed by atoms with Gasteiger partial charge in [0, 0.05) is 13.1 Å². The third-order valence-electron chi connectivity index (χ3n) is 4.18. The van der Waals surface area contributed by atoms with Crippen molar-refractivity contribution in [2.45, 2.75) is 40.2 Å². The minimum atomic E-state index is -0.0736. The molecule has 3 heteroatoms. The molecule has 1 aromatic carbocycles. The van der Waals surface area contributed by atoms with Crippen molar-refractivity contribution in [2.24, 2.45) is 11.8 Å². The van der Waals surface area contributed by atoms with Crippen molar-refractivity contribution >= 4 is 5.97 Å². The van der Waals surface area contributed by atoms with E-state index in [1.54, 1.807) is 0 Å². The summed E-state index contributed by atoms with van der Waals surface area (Å²) in [5.74, 6) is 0.708. The molecule has 0 spiro atoms. The van der Waals surface area contributed by atoms with Crippen molar-refractivity contribution in [3.8, 4) is 0 Å². The molecule has 0 saturated heterocycles. The summed E-state index contributed by atoms with van der Waals surface area (Å²) < 4.78 is 5.12. The second-order valence-electron chi connectivity index (χ2n) is 6.23. The lowest BCUT2D eigenvalue weighted by Crippen LogP contribution is -2.30. The van der Waals surface area contributed by atoms with Crippen molar-refractivity contribution in [2.75, 3.05) is 13.2 Å². The molecule has 1 aliphatic heterocycles. The van der Waals surface area contributed by atoms with Crippen LogP contribution in [-0.2, 0) is 16.1 Å². The normalized spacial score (nSPS) is 18.3. The molecule has 0 radical (unpaired) electrons. The summed E-state index contributed by atoms with van der Waals surface area (Å²) in [5, 5.41) is 0. The number of rotatable bonds is 6. The van der Waals surface area contributed by atoms with Gasteiger partial charge in [-0.25, -0.2) is 0 Å². The number of benzene rings is 1. The van der Waals surface area contributed by atoms with Crippen LogP contribution in [0.1, 0.15) is 39.2 Å². The van der Waals surface area contributed by atoms with Crippen LogP contribution in [0.15, 0.2) is 42.1 Å². The van der Waals surface area contributed by atoms with Crippen LogP contribution >= 0.6 is 0 Å². The molecule has 22 heavy (non-hydrogen) atoms. The van der Waals surface area contributed by atoms with Gasteiger partial charge in [-0.05, 0) is 42.5 Å². The molecule has 120 valence electrons. The van der Waals surface area contributed by atoms with E-state index in [4.69, 9.17) is 4.74 Å². The van der Waals surface area contributed by atoms with Gasteiger partial charge < -0.3 is 9.64 Å². The molecule has 0 saturated carbocycles. The fourth-order valence-electron chi connectivity index (χ4n) is 3.07. The summed E-state index contributed by atoms with van der Waals surface area (Å²) in [6.45, 7) is 8.66. The molecular formula is C19H27NO2. The number of carbonyl (C=O) groups excluding carboxylic acids is 1. The van der Waals surface area contributed by atoms with E-state index in [2.05, 4.69) is 49.2 Å². The highest BCUT2D eigenvalue weighted by Crippen LogP contribution is 2.31. The minimum absolute atomic E-state index is 0.0736. The molecule has 1 aromatic rings. The number of carbonyl (C=O) groups is 1. The van der Waals surface area contributed by atoms with Crippen LogP contribution in [0.2, 0.25) is 0 Å². The third kappa shape index (κ3) is 4.62. The zero-order chi connectivity index (χ0) is 15.9. The zero-order valence-electron chi connectivity index (χ0n) is 13.9. The molecule has 0 amide bonds. The largest absolute Gasteiger partial charge is 0.466 e. The summed E-state index contributed by atoms with van der Waals surface area (Å²) in [4.78, 5) is 14.2. The maximum atomic E-state index is 11.8. The van der Waals surface area contributed by atoms with Gasteiger partial charge in [-0.1, -0.05) is 44.2 Å². The predicted molar refractivity (Wildman–Crippen MR) is 89.1 cm³/mol. The summed E-state index contributed by atoms with van der Waals surface area (Å²) in [5.41, 5.74) is 2.70. The molecule has 0 fully saturated rings. The monoisotopic (exact) mass is 301 g/mol. The molecular weight excluding hydrogens is 274 g/mol. The topological polar surface area (TPSA) is 29.5 Å². The average Bonchev–Trinajstić information content (AvgIpc) is 2.50. The van der Waals surface area contributed by atoms with Gasteiger partial charge in [0.1, 0.15) is 0 Å². The predicted octanol–water partition coefficient (Wildman–Crippen LogP) is 4.00. The average molecular weight is 301 g/mol. The van der Waals surface area contributed by atoms with E-state index >= 15 is 0 Å². The first-order valence-electron chi connectivity index (χ1n) is 8.25. The van der Waals surface area contributed by atoms with Crippen molar-refractivity contribution in [1.29, 1.82) is 0 Å².